The Kier molecular flexibility index (Phi) is 5.08. The number of aromatic nitrogens is 1. The molecule has 0 bridgehead atoms. The normalized spacial score (nSPS) is 10.8. The number of halogens is 1. The topological polar surface area (TPSA) is 71.3 Å². The Bertz CT molecular complexity index is 738. The maximum Gasteiger partial charge on any atom is 0.267 e. The van der Waals surface area contributed by atoms with Crippen molar-refractivity contribution in [3.63, 3.8) is 0 Å². The second-order valence-corrected chi connectivity index (χ2v) is 5.15. The predicted octanol–water partition coefficient (Wildman–Crippen LogP) is 2.18. The van der Waals surface area contributed by atoms with E-state index >= 15 is 0 Å². The fourth-order valence-electron chi connectivity index (χ4n) is 1.82. The van der Waals surface area contributed by atoms with Gasteiger partial charge in [-0.1, -0.05) is 34.1 Å². The molecule has 2 aromatic rings. The second kappa shape index (κ2) is 7.01. The van der Waals surface area contributed by atoms with Crippen LogP contribution < -0.4 is 11.0 Å². The quantitative estimate of drug-likeness (QED) is 0.505. The summed E-state index contributed by atoms with van der Waals surface area (Å²) in [6, 6.07) is 11.0. The van der Waals surface area contributed by atoms with Gasteiger partial charge in [-0.25, -0.2) is 5.48 Å². The standard InChI is InChI=1S/C15H13BrN2O3/c16-13-6-2-1-4-12(13)10-18-9-3-5-11(15(18)20)7-8-14(19)17-21/h1-9,21H,10H2,(H,17,19)/b8-7+. The number of benzene rings is 1. The Balaban J connectivity index is 2.30. The number of amides is 1. The number of hydrogen-bond acceptors (Lipinski definition) is 3. The zero-order valence-electron chi connectivity index (χ0n) is 11.0. The molecular weight excluding hydrogens is 336 g/mol. The number of hydrogen-bond donors (Lipinski definition) is 2. The molecule has 21 heavy (non-hydrogen) atoms. The molecule has 0 atom stereocenters. The Labute approximate surface area is 129 Å². The van der Waals surface area contributed by atoms with Gasteiger partial charge in [-0.3, -0.25) is 14.8 Å². The molecule has 1 amide bonds. The van der Waals surface area contributed by atoms with Crippen LogP contribution in [-0.2, 0) is 11.3 Å². The second-order valence-electron chi connectivity index (χ2n) is 4.30. The van der Waals surface area contributed by atoms with Gasteiger partial charge in [-0.15, -0.1) is 0 Å². The van der Waals surface area contributed by atoms with Crippen LogP contribution in [0.2, 0.25) is 0 Å². The number of rotatable bonds is 4. The van der Waals surface area contributed by atoms with Crippen LogP contribution in [0.1, 0.15) is 11.1 Å². The third-order valence-corrected chi connectivity index (χ3v) is 3.65. The first-order valence-corrected chi connectivity index (χ1v) is 6.96. The van der Waals surface area contributed by atoms with Crippen molar-refractivity contribution < 1.29 is 10.0 Å². The van der Waals surface area contributed by atoms with E-state index in [0.717, 1.165) is 16.1 Å². The first kappa shape index (κ1) is 15.2. The van der Waals surface area contributed by atoms with E-state index in [2.05, 4.69) is 15.9 Å². The fraction of sp³-hybridized carbons (Fsp3) is 0.0667. The Morgan fingerprint density at radius 2 is 2.05 bits per heavy atom. The van der Waals surface area contributed by atoms with Gasteiger partial charge in [0.05, 0.1) is 6.54 Å². The van der Waals surface area contributed by atoms with Gasteiger partial charge in [0, 0.05) is 22.3 Å². The predicted molar refractivity (Wildman–Crippen MR) is 82.9 cm³/mol. The molecule has 0 radical (unpaired) electrons. The molecule has 0 aliphatic carbocycles. The minimum Gasteiger partial charge on any atom is -0.311 e. The average molecular weight is 349 g/mol. The molecule has 0 saturated carbocycles. The molecule has 108 valence electrons. The van der Waals surface area contributed by atoms with Gasteiger partial charge in [-0.2, -0.15) is 0 Å². The summed E-state index contributed by atoms with van der Waals surface area (Å²) >= 11 is 3.45. The molecule has 2 rings (SSSR count). The van der Waals surface area contributed by atoms with Crippen molar-refractivity contribution >= 4 is 27.9 Å². The molecule has 0 spiro atoms. The van der Waals surface area contributed by atoms with E-state index in [4.69, 9.17) is 5.21 Å². The average Bonchev–Trinajstić information content (AvgIpc) is 2.50. The SMILES string of the molecule is O=C(/C=C/c1cccn(Cc2ccccc2Br)c1=O)NO. The van der Waals surface area contributed by atoms with Crippen LogP contribution in [0, 0.1) is 0 Å². The molecule has 0 aliphatic rings. The van der Waals surface area contributed by atoms with E-state index in [1.54, 1.807) is 22.9 Å². The number of nitrogens with one attached hydrogen (secondary N) is 1. The minimum absolute atomic E-state index is 0.213. The van der Waals surface area contributed by atoms with E-state index in [1.165, 1.54) is 11.6 Å². The van der Waals surface area contributed by atoms with Crippen LogP contribution in [0.4, 0.5) is 0 Å². The lowest BCUT2D eigenvalue weighted by atomic mass is 10.2. The van der Waals surface area contributed by atoms with E-state index in [0.29, 0.717) is 12.1 Å². The largest absolute Gasteiger partial charge is 0.311 e. The highest BCUT2D eigenvalue weighted by Crippen LogP contribution is 2.16. The highest BCUT2D eigenvalue weighted by Gasteiger charge is 2.04. The highest BCUT2D eigenvalue weighted by atomic mass is 79.9. The van der Waals surface area contributed by atoms with Crippen molar-refractivity contribution in [2.75, 3.05) is 0 Å². The molecule has 0 fully saturated rings. The lowest BCUT2D eigenvalue weighted by molar-refractivity contribution is -0.124. The lowest BCUT2D eigenvalue weighted by Gasteiger charge is -2.08. The monoisotopic (exact) mass is 348 g/mol. The van der Waals surface area contributed by atoms with Crippen LogP contribution in [0.5, 0.6) is 0 Å². The van der Waals surface area contributed by atoms with E-state index in [-0.39, 0.29) is 5.56 Å². The number of carbonyl (C=O) groups excluding carboxylic acids is 1. The molecular formula is C15H13BrN2O3. The summed E-state index contributed by atoms with van der Waals surface area (Å²) in [6.07, 6.45) is 4.15. The fourth-order valence-corrected chi connectivity index (χ4v) is 2.23. The zero-order chi connectivity index (χ0) is 15.2. The van der Waals surface area contributed by atoms with Gasteiger partial charge >= 0.3 is 0 Å². The van der Waals surface area contributed by atoms with Crippen LogP contribution in [0.3, 0.4) is 0 Å². The number of carbonyl (C=O) groups is 1. The van der Waals surface area contributed by atoms with Crippen LogP contribution in [0.15, 0.2) is 57.9 Å². The van der Waals surface area contributed by atoms with Crippen molar-refractivity contribution in [1.29, 1.82) is 0 Å². The molecule has 1 aromatic carbocycles. The van der Waals surface area contributed by atoms with Gasteiger partial charge < -0.3 is 4.57 Å². The molecule has 5 nitrogen and oxygen atoms in total. The zero-order valence-corrected chi connectivity index (χ0v) is 12.6. The van der Waals surface area contributed by atoms with Gasteiger partial charge in [0.25, 0.3) is 11.5 Å². The van der Waals surface area contributed by atoms with Gasteiger partial charge in [0.2, 0.25) is 0 Å². The smallest absolute Gasteiger partial charge is 0.267 e. The molecule has 0 aliphatic heterocycles. The van der Waals surface area contributed by atoms with Gasteiger partial charge in [0.15, 0.2) is 0 Å². The summed E-state index contributed by atoms with van der Waals surface area (Å²) in [6.45, 7) is 0.425. The van der Waals surface area contributed by atoms with Crippen molar-refractivity contribution in [2.24, 2.45) is 0 Å². The van der Waals surface area contributed by atoms with E-state index in [9.17, 15) is 9.59 Å². The number of nitrogens with zero attached hydrogens (tertiary/aromatic N) is 1. The number of hydroxylamine groups is 1. The first-order valence-electron chi connectivity index (χ1n) is 6.17. The van der Waals surface area contributed by atoms with Crippen molar-refractivity contribution in [3.8, 4) is 0 Å². The Morgan fingerprint density at radius 1 is 1.29 bits per heavy atom. The summed E-state index contributed by atoms with van der Waals surface area (Å²) in [5, 5.41) is 8.42. The molecule has 6 heteroatoms. The number of pyridine rings is 1. The third kappa shape index (κ3) is 3.90. The van der Waals surface area contributed by atoms with Crippen LogP contribution in [0.25, 0.3) is 6.08 Å². The maximum absolute atomic E-state index is 12.3. The van der Waals surface area contributed by atoms with Crippen molar-refractivity contribution in [1.82, 2.24) is 10.0 Å². The molecule has 0 saturated heterocycles. The summed E-state index contributed by atoms with van der Waals surface area (Å²) < 4.78 is 2.48. The molecule has 2 N–H and O–H groups in total. The van der Waals surface area contributed by atoms with Crippen molar-refractivity contribution in [2.45, 2.75) is 6.54 Å². The van der Waals surface area contributed by atoms with Gasteiger partial charge in [0.1, 0.15) is 0 Å². The van der Waals surface area contributed by atoms with E-state index in [1.807, 2.05) is 24.3 Å². The summed E-state index contributed by atoms with van der Waals surface area (Å²) in [5.74, 6) is -0.685. The first-order chi connectivity index (χ1) is 10.1. The molecule has 1 heterocycles. The van der Waals surface area contributed by atoms with Crippen LogP contribution in [-0.4, -0.2) is 15.7 Å². The highest BCUT2D eigenvalue weighted by molar-refractivity contribution is 9.10. The maximum atomic E-state index is 12.3. The minimum atomic E-state index is -0.685. The Morgan fingerprint density at radius 3 is 2.76 bits per heavy atom. The summed E-state index contributed by atoms with van der Waals surface area (Å²) in [5.41, 5.74) is 2.61. The van der Waals surface area contributed by atoms with E-state index < -0.39 is 5.91 Å². The van der Waals surface area contributed by atoms with Crippen LogP contribution >= 0.6 is 15.9 Å². The molecule has 0 unspecified atom stereocenters. The Hall–Kier alpha value is -2.18. The lowest BCUT2D eigenvalue weighted by Crippen LogP contribution is -2.22. The third-order valence-electron chi connectivity index (χ3n) is 2.87. The van der Waals surface area contributed by atoms with Crippen molar-refractivity contribution in [3.05, 3.63) is 74.6 Å². The summed E-state index contributed by atoms with van der Waals surface area (Å²) in [7, 11) is 0. The van der Waals surface area contributed by atoms with Gasteiger partial charge in [-0.05, 0) is 29.8 Å². The molecule has 1 aromatic heterocycles. The summed E-state index contributed by atoms with van der Waals surface area (Å²) in [4.78, 5) is 23.2.